The summed E-state index contributed by atoms with van der Waals surface area (Å²) in [4.78, 5) is 2.61. The molecule has 4 heteroatoms. The molecule has 0 aliphatic carbocycles. The molecule has 0 bridgehead atoms. The van der Waals surface area contributed by atoms with Crippen molar-refractivity contribution in [2.24, 2.45) is 5.73 Å². The van der Waals surface area contributed by atoms with E-state index in [0.717, 1.165) is 19.4 Å². The van der Waals surface area contributed by atoms with E-state index in [1.54, 1.807) is 11.3 Å². The fraction of sp³-hybridized carbons (Fsp3) is 0.500. The van der Waals surface area contributed by atoms with Gasteiger partial charge in [-0.15, -0.1) is 11.3 Å². The lowest BCUT2D eigenvalue weighted by Gasteiger charge is -2.05. The Bertz CT molecular complexity index is 525. The first-order chi connectivity index (χ1) is 8.67. The molecule has 0 unspecified atom stereocenters. The molecule has 0 aromatic carbocycles. The molecule has 2 rings (SSSR count). The molecule has 2 heterocycles. The summed E-state index contributed by atoms with van der Waals surface area (Å²) in [6.45, 7) is 7.99. The van der Waals surface area contributed by atoms with Gasteiger partial charge < -0.3 is 5.73 Å². The lowest BCUT2D eigenvalue weighted by Crippen LogP contribution is -2.06. The van der Waals surface area contributed by atoms with Gasteiger partial charge in [-0.2, -0.15) is 5.10 Å². The quantitative estimate of drug-likeness (QED) is 0.901. The van der Waals surface area contributed by atoms with Crippen LogP contribution < -0.4 is 5.73 Å². The van der Waals surface area contributed by atoms with Gasteiger partial charge in [-0.3, -0.25) is 4.68 Å². The third-order valence-corrected chi connectivity index (χ3v) is 4.35. The molecule has 0 aliphatic rings. The van der Waals surface area contributed by atoms with Gasteiger partial charge in [-0.05, 0) is 37.5 Å². The van der Waals surface area contributed by atoms with Crippen LogP contribution in [0, 0.1) is 6.92 Å². The van der Waals surface area contributed by atoms with Crippen LogP contribution in [0.25, 0.3) is 0 Å². The highest BCUT2D eigenvalue weighted by molar-refractivity contribution is 7.12. The van der Waals surface area contributed by atoms with Crippen LogP contribution in [-0.4, -0.2) is 9.78 Å². The molecule has 0 spiro atoms. The average molecular weight is 263 g/mol. The van der Waals surface area contributed by atoms with Crippen molar-refractivity contribution in [3.63, 3.8) is 0 Å². The maximum Gasteiger partial charge on any atom is 0.0673 e. The SMILES string of the molecule is CCc1cc(CC)n(Cc2cc(CN)sc2C)n1. The van der Waals surface area contributed by atoms with Gasteiger partial charge in [0.2, 0.25) is 0 Å². The average Bonchev–Trinajstić information content (AvgIpc) is 2.94. The number of rotatable bonds is 5. The number of hydrogen-bond acceptors (Lipinski definition) is 3. The first-order valence-corrected chi connectivity index (χ1v) is 7.33. The Morgan fingerprint density at radius 2 is 2.06 bits per heavy atom. The summed E-state index contributed by atoms with van der Waals surface area (Å²) in [6, 6.07) is 4.43. The van der Waals surface area contributed by atoms with Crippen LogP contribution in [0.5, 0.6) is 0 Å². The summed E-state index contributed by atoms with van der Waals surface area (Å²) in [5.41, 5.74) is 9.53. The van der Waals surface area contributed by atoms with Crippen molar-refractivity contribution in [1.29, 1.82) is 0 Å². The molecule has 98 valence electrons. The first-order valence-electron chi connectivity index (χ1n) is 6.51. The van der Waals surface area contributed by atoms with E-state index < -0.39 is 0 Å². The lowest BCUT2D eigenvalue weighted by molar-refractivity contribution is 0.640. The summed E-state index contributed by atoms with van der Waals surface area (Å²) in [6.07, 6.45) is 2.02. The van der Waals surface area contributed by atoms with Gasteiger partial charge >= 0.3 is 0 Å². The molecule has 0 radical (unpaired) electrons. The molecule has 0 amide bonds. The number of nitrogens with two attached hydrogens (primary N) is 1. The molecular weight excluding hydrogens is 242 g/mol. The van der Waals surface area contributed by atoms with E-state index in [4.69, 9.17) is 5.73 Å². The van der Waals surface area contributed by atoms with E-state index in [1.807, 2.05) is 0 Å². The topological polar surface area (TPSA) is 43.8 Å². The number of aryl methyl sites for hydroxylation is 3. The molecule has 0 fully saturated rings. The van der Waals surface area contributed by atoms with E-state index in [1.165, 1.54) is 26.7 Å². The van der Waals surface area contributed by atoms with Crippen molar-refractivity contribution in [3.05, 3.63) is 38.8 Å². The zero-order valence-electron chi connectivity index (χ0n) is 11.4. The molecule has 2 aromatic heterocycles. The molecule has 0 saturated heterocycles. The predicted molar refractivity (Wildman–Crippen MR) is 77.0 cm³/mol. The minimum atomic E-state index is 0.630. The fourth-order valence-electron chi connectivity index (χ4n) is 2.12. The van der Waals surface area contributed by atoms with Crippen molar-refractivity contribution < 1.29 is 0 Å². The predicted octanol–water partition coefficient (Wildman–Crippen LogP) is 2.88. The molecule has 0 saturated carbocycles. The Morgan fingerprint density at radius 3 is 2.61 bits per heavy atom. The number of nitrogens with zero attached hydrogens (tertiary/aromatic N) is 2. The summed E-state index contributed by atoms with van der Waals surface area (Å²) in [5, 5.41) is 4.66. The largest absolute Gasteiger partial charge is 0.326 e. The van der Waals surface area contributed by atoms with Gasteiger partial charge in [0.25, 0.3) is 0 Å². The second kappa shape index (κ2) is 5.67. The maximum atomic E-state index is 5.70. The Hall–Kier alpha value is -1.13. The van der Waals surface area contributed by atoms with Gasteiger partial charge in [0.1, 0.15) is 0 Å². The molecule has 2 N–H and O–H groups in total. The van der Waals surface area contributed by atoms with Gasteiger partial charge in [0.15, 0.2) is 0 Å². The minimum Gasteiger partial charge on any atom is -0.326 e. The van der Waals surface area contributed by atoms with Gasteiger partial charge in [0.05, 0.1) is 12.2 Å². The van der Waals surface area contributed by atoms with Crippen molar-refractivity contribution in [2.45, 2.75) is 46.7 Å². The normalized spacial score (nSPS) is 11.1. The Balaban J connectivity index is 2.26. The Labute approximate surface area is 113 Å². The number of thiophene rings is 1. The molecule has 0 atom stereocenters. The summed E-state index contributed by atoms with van der Waals surface area (Å²) in [5.74, 6) is 0. The Kier molecular flexibility index (Phi) is 4.19. The van der Waals surface area contributed by atoms with Crippen molar-refractivity contribution in [3.8, 4) is 0 Å². The monoisotopic (exact) mass is 263 g/mol. The number of hydrogen-bond donors (Lipinski definition) is 1. The summed E-state index contributed by atoms with van der Waals surface area (Å²) in [7, 11) is 0. The second-order valence-electron chi connectivity index (χ2n) is 4.49. The molecule has 3 nitrogen and oxygen atoms in total. The van der Waals surface area contributed by atoms with Crippen molar-refractivity contribution in [2.75, 3.05) is 0 Å². The third kappa shape index (κ3) is 2.65. The van der Waals surface area contributed by atoms with Crippen LogP contribution in [0.4, 0.5) is 0 Å². The third-order valence-electron chi connectivity index (χ3n) is 3.23. The number of aromatic nitrogens is 2. The van der Waals surface area contributed by atoms with E-state index in [-0.39, 0.29) is 0 Å². The minimum absolute atomic E-state index is 0.630. The van der Waals surface area contributed by atoms with Gasteiger partial charge in [0, 0.05) is 22.0 Å². The van der Waals surface area contributed by atoms with Crippen LogP contribution in [0.1, 0.15) is 40.6 Å². The second-order valence-corrected chi connectivity index (χ2v) is 5.83. The van der Waals surface area contributed by atoms with E-state index >= 15 is 0 Å². The van der Waals surface area contributed by atoms with E-state index in [2.05, 4.69) is 42.7 Å². The highest BCUT2D eigenvalue weighted by Crippen LogP contribution is 2.22. The van der Waals surface area contributed by atoms with Crippen LogP contribution >= 0.6 is 11.3 Å². The van der Waals surface area contributed by atoms with Gasteiger partial charge in [-0.25, -0.2) is 0 Å². The zero-order valence-corrected chi connectivity index (χ0v) is 12.2. The summed E-state index contributed by atoms with van der Waals surface area (Å²) < 4.78 is 2.13. The molecule has 18 heavy (non-hydrogen) atoms. The zero-order chi connectivity index (χ0) is 13.1. The van der Waals surface area contributed by atoms with Crippen LogP contribution in [0.3, 0.4) is 0 Å². The first kappa shape index (κ1) is 13.3. The van der Waals surface area contributed by atoms with Gasteiger partial charge in [-0.1, -0.05) is 13.8 Å². The standard InChI is InChI=1S/C14H21N3S/c1-4-12-7-13(5-2)17(16-12)9-11-6-14(8-15)18-10(11)3/h6-7H,4-5,8-9,15H2,1-3H3. The molecular formula is C14H21N3S. The lowest BCUT2D eigenvalue weighted by atomic mass is 10.2. The van der Waals surface area contributed by atoms with Crippen LogP contribution in [-0.2, 0) is 25.9 Å². The van der Waals surface area contributed by atoms with Crippen molar-refractivity contribution >= 4 is 11.3 Å². The molecule has 0 aliphatic heterocycles. The fourth-order valence-corrected chi connectivity index (χ4v) is 3.05. The smallest absolute Gasteiger partial charge is 0.0673 e. The van der Waals surface area contributed by atoms with Crippen LogP contribution in [0.15, 0.2) is 12.1 Å². The highest BCUT2D eigenvalue weighted by Gasteiger charge is 2.09. The van der Waals surface area contributed by atoms with E-state index in [0.29, 0.717) is 6.54 Å². The Morgan fingerprint density at radius 1 is 1.28 bits per heavy atom. The maximum absolute atomic E-state index is 5.70. The van der Waals surface area contributed by atoms with Crippen LogP contribution in [0.2, 0.25) is 0 Å². The molecule has 2 aromatic rings. The van der Waals surface area contributed by atoms with E-state index in [9.17, 15) is 0 Å². The summed E-state index contributed by atoms with van der Waals surface area (Å²) >= 11 is 1.79. The van der Waals surface area contributed by atoms with Crippen molar-refractivity contribution in [1.82, 2.24) is 9.78 Å². The highest BCUT2D eigenvalue weighted by atomic mass is 32.1.